The maximum Gasteiger partial charge on any atom is 0.229 e. The molecule has 2 rings (SSSR count). The lowest BCUT2D eigenvalue weighted by molar-refractivity contribution is -0.120. The van der Waals surface area contributed by atoms with Crippen LogP contribution in [0.15, 0.2) is 18.2 Å². The van der Waals surface area contributed by atoms with E-state index in [0.29, 0.717) is 17.1 Å². The molecule has 1 aliphatic rings. The molecule has 1 saturated heterocycles. The van der Waals surface area contributed by atoms with Gasteiger partial charge in [-0.25, -0.2) is 0 Å². The van der Waals surface area contributed by atoms with E-state index in [-0.39, 0.29) is 23.8 Å². The molecule has 2 atom stereocenters. The SMILES string of the molecule is COc1cc(NC(=O)C2CCNC2C)ccc1NC(C)=O. The third kappa shape index (κ3) is 3.72. The second-order valence-electron chi connectivity index (χ2n) is 5.22. The highest BCUT2D eigenvalue weighted by molar-refractivity contribution is 5.95. The summed E-state index contributed by atoms with van der Waals surface area (Å²) in [5.74, 6) is 0.324. The van der Waals surface area contributed by atoms with Gasteiger partial charge in [-0.05, 0) is 32.0 Å². The van der Waals surface area contributed by atoms with Gasteiger partial charge in [0.25, 0.3) is 0 Å². The van der Waals surface area contributed by atoms with Crippen LogP contribution in [0.2, 0.25) is 0 Å². The Balaban J connectivity index is 2.10. The zero-order valence-electron chi connectivity index (χ0n) is 12.5. The summed E-state index contributed by atoms with van der Waals surface area (Å²) in [5, 5.41) is 8.83. The minimum atomic E-state index is -0.170. The summed E-state index contributed by atoms with van der Waals surface area (Å²) in [5.41, 5.74) is 1.24. The van der Waals surface area contributed by atoms with E-state index in [2.05, 4.69) is 16.0 Å². The van der Waals surface area contributed by atoms with Crippen molar-refractivity contribution in [1.29, 1.82) is 0 Å². The summed E-state index contributed by atoms with van der Waals surface area (Å²) < 4.78 is 5.24. The summed E-state index contributed by atoms with van der Waals surface area (Å²) in [7, 11) is 1.52. The van der Waals surface area contributed by atoms with E-state index in [9.17, 15) is 9.59 Å². The van der Waals surface area contributed by atoms with Gasteiger partial charge in [-0.2, -0.15) is 0 Å². The molecule has 1 aliphatic heterocycles. The molecule has 0 radical (unpaired) electrons. The zero-order valence-corrected chi connectivity index (χ0v) is 12.5. The normalized spacial score (nSPS) is 20.9. The van der Waals surface area contributed by atoms with Crippen molar-refractivity contribution in [2.45, 2.75) is 26.3 Å². The summed E-state index contributed by atoms with van der Waals surface area (Å²) in [6, 6.07) is 5.35. The molecule has 2 amide bonds. The van der Waals surface area contributed by atoms with Crippen molar-refractivity contribution in [2.75, 3.05) is 24.3 Å². The first-order valence-corrected chi connectivity index (χ1v) is 7.01. The molecule has 2 unspecified atom stereocenters. The van der Waals surface area contributed by atoms with E-state index in [1.54, 1.807) is 18.2 Å². The Morgan fingerprint density at radius 2 is 2.10 bits per heavy atom. The average Bonchev–Trinajstić information content (AvgIpc) is 2.86. The Hall–Kier alpha value is -2.08. The molecule has 114 valence electrons. The van der Waals surface area contributed by atoms with Crippen LogP contribution in [0.3, 0.4) is 0 Å². The van der Waals surface area contributed by atoms with Crippen molar-refractivity contribution in [2.24, 2.45) is 5.92 Å². The smallest absolute Gasteiger partial charge is 0.229 e. The summed E-state index contributed by atoms with van der Waals surface area (Å²) >= 11 is 0. The Morgan fingerprint density at radius 3 is 2.67 bits per heavy atom. The molecule has 1 aromatic carbocycles. The largest absolute Gasteiger partial charge is 0.494 e. The van der Waals surface area contributed by atoms with Crippen LogP contribution in [-0.2, 0) is 9.59 Å². The van der Waals surface area contributed by atoms with Crippen molar-refractivity contribution < 1.29 is 14.3 Å². The molecule has 3 N–H and O–H groups in total. The fourth-order valence-corrected chi connectivity index (χ4v) is 2.51. The van der Waals surface area contributed by atoms with Gasteiger partial charge in [0.05, 0.1) is 18.7 Å². The first kappa shape index (κ1) is 15.3. The number of hydrogen-bond donors (Lipinski definition) is 3. The highest BCUT2D eigenvalue weighted by Gasteiger charge is 2.29. The van der Waals surface area contributed by atoms with Crippen molar-refractivity contribution >= 4 is 23.2 Å². The molecule has 21 heavy (non-hydrogen) atoms. The van der Waals surface area contributed by atoms with Crippen LogP contribution in [0.5, 0.6) is 5.75 Å². The predicted molar refractivity (Wildman–Crippen MR) is 81.5 cm³/mol. The van der Waals surface area contributed by atoms with Crippen molar-refractivity contribution in [3.8, 4) is 5.75 Å². The van der Waals surface area contributed by atoms with Crippen molar-refractivity contribution in [1.82, 2.24) is 5.32 Å². The number of anilines is 2. The number of hydrogen-bond acceptors (Lipinski definition) is 4. The lowest BCUT2D eigenvalue weighted by Crippen LogP contribution is -2.32. The molecule has 0 spiro atoms. The first-order valence-electron chi connectivity index (χ1n) is 7.01. The summed E-state index contributed by atoms with van der Waals surface area (Å²) in [6.07, 6.45) is 0.841. The number of ether oxygens (including phenoxy) is 1. The minimum absolute atomic E-state index is 0.00169. The van der Waals surface area contributed by atoms with Crippen LogP contribution in [0.25, 0.3) is 0 Å². The molecular weight excluding hydrogens is 270 g/mol. The van der Waals surface area contributed by atoms with Crippen molar-refractivity contribution in [3.05, 3.63) is 18.2 Å². The molecule has 0 bridgehead atoms. The van der Waals surface area contributed by atoms with E-state index >= 15 is 0 Å². The third-order valence-corrected chi connectivity index (χ3v) is 3.64. The van der Waals surface area contributed by atoms with E-state index in [4.69, 9.17) is 4.74 Å². The summed E-state index contributed by atoms with van der Waals surface area (Å²) in [4.78, 5) is 23.3. The number of carbonyl (C=O) groups is 2. The monoisotopic (exact) mass is 291 g/mol. The van der Waals surface area contributed by atoms with E-state index in [0.717, 1.165) is 13.0 Å². The topological polar surface area (TPSA) is 79.5 Å². The van der Waals surface area contributed by atoms with E-state index in [1.165, 1.54) is 14.0 Å². The molecule has 0 saturated carbocycles. The van der Waals surface area contributed by atoms with Crippen LogP contribution in [0.1, 0.15) is 20.3 Å². The van der Waals surface area contributed by atoms with Crippen LogP contribution in [0.4, 0.5) is 11.4 Å². The molecule has 6 nitrogen and oxygen atoms in total. The molecule has 6 heteroatoms. The molecule has 1 heterocycles. The summed E-state index contributed by atoms with van der Waals surface area (Å²) in [6.45, 7) is 4.31. The number of carbonyl (C=O) groups excluding carboxylic acids is 2. The van der Waals surface area contributed by atoms with Gasteiger partial charge in [-0.15, -0.1) is 0 Å². The second kappa shape index (κ2) is 6.58. The van der Waals surface area contributed by atoms with Crippen LogP contribution >= 0.6 is 0 Å². The minimum Gasteiger partial charge on any atom is -0.494 e. The first-order chi connectivity index (χ1) is 10.0. The van der Waals surface area contributed by atoms with Gasteiger partial charge in [-0.1, -0.05) is 0 Å². The standard InChI is InChI=1S/C15H21N3O3/c1-9-12(6-7-16-9)15(20)18-11-4-5-13(17-10(2)19)14(8-11)21-3/h4-5,8-9,12,16H,6-7H2,1-3H3,(H,17,19)(H,18,20). The highest BCUT2D eigenvalue weighted by Crippen LogP contribution is 2.28. The Bertz CT molecular complexity index is 545. The number of benzene rings is 1. The molecular formula is C15H21N3O3. The number of amides is 2. The van der Waals surface area contributed by atoms with E-state index in [1.807, 2.05) is 6.92 Å². The fourth-order valence-electron chi connectivity index (χ4n) is 2.51. The zero-order chi connectivity index (χ0) is 15.4. The Labute approximate surface area is 124 Å². The molecule has 0 aromatic heterocycles. The lowest BCUT2D eigenvalue weighted by Gasteiger charge is -2.16. The molecule has 1 aromatic rings. The fraction of sp³-hybridized carbons (Fsp3) is 0.467. The van der Waals surface area contributed by atoms with Crippen LogP contribution < -0.4 is 20.7 Å². The Morgan fingerprint density at radius 1 is 1.33 bits per heavy atom. The predicted octanol–water partition coefficient (Wildman–Crippen LogP) is 1.59. The maximum atomic E-state index is 12.2. The van der Waals surface area contributed by atoms with Crippen molar-refractivity contribution in [3.63, 3.8) is 0 Å². The number of rotatable bonds is 4. The van der Waals surface area contributed by atoms with Gasteiger partial charge in [0.15, 0.2) is 0 Å². The lowest BCUT2D eigenvalue weighted by atomic mass is 10.0. The van der Waals surface area contributed by atoms with Gasteiger partial charge < -0.3 is 20.7 Å². The second-order valence-corrected chi connectivity index (χ2v) is 5.22. The third-order valence-electron chi connectivity index (χ3n) is 3.64. The van der Waals surface area contributed by atoms with Gasteiger partial charge in [0.2, 0.25) is 11.8 Å². The van der Waals surface area contributed by atoms with Gasteiger partial charge >= 0.3 is 0 Å². The van der Waals surface area contributed by atoms with E-state index < -0.39 is 0 Å². The molecule has 1 fully saturated rings. The van der Waals surface area contributed by atoms with Crippen LogP contribution in [-0.4, -0.2) is 31.5 Å². The molecule has 0 aliphatic carbocycles. The number of nitrogens with one attached hydrogen (secondary N) is 3. The van der Waals surface area contributed by atoms with Crippen LogP contribution in [0, 0.1) is 5.92 Å². The maximum absolute atomic E-state index is 12.2. The Kier molecular flexibility index (Phi) is 4.80. The quantitative estimate of drug-likeness (QED) is 0.787. The number of methoxy groups -OCH3 is 1. The average molecular weight is 291 g/mol. The van der Waals surface area contributed by atoms with Gasteiger partial charge in [-0.3, -0.25) is 9.59 Å². The van der Waals surface area contributed by atoms with Gasteiger partial charge in [0.1, 0.15) is 5.75 Å². The highest BCUT2D eigenvalue weighted by atomic mass is 16.5. The van der Waals surface area contributed by atoms with Gasteiger partial charge in [0, 0.05) is 24.7 Å².